The van der Waals surface area contributed by atoms with Crippen molar-refractivity contribution < 1.29 is 62.9 Å². The number of anilines is 1. The number of amides is 6. The second-order valence-corrected chi connectivity index (χ2v) is 17.7. The molecule has 4 atom stereocenters. The second kappa shape index (κ2) is 28.1. The van der Waals surface area contributed by atoms with Gasteiger partial charge in [0, 0.05) is 96.7 Å². The van der Waals surface area contributed by atoms with Crippen molar-refractivity contribution in [3.63, 3.8) is 0 Å². The van der Waals surface area contributed by atoms with Gasteiger partial charge in [0.05, 0.1) is 37.9 Å². The predicted molar refractivity (Wildman–Crippen MR) is 242 cm³/mol. The second-order valence-electron chi connectivity index (χ2n) is 16.8. The summed E-state index contributed by atoms with van der Waals surface area (Å²) >= 11 is 1.45. The molecule has 3 rings (SSSR count). The van der Waals surface area contributed by atoms with E-state index in [1.165, 1.54) is 23.9 Å². The zero-order valence-electron chi connectivity index (χ0n) is 38.2. The average molecular weight is 952 g/mol. The smallest absolute Gasteiger partial charge is 0.319 e. The van der Waals surface area contributed by atoms with Gasteiger partial charge in [-0.05, 0) is 42.0 Å². The van der Waals surface area contributed by atoms with Gasteiger partial charge in [0.15, 0.2) is 5.78 Å². The fourth-order valence-corrected chi connectivity index (χ4v) is 8.05. The molecular formula is C43H66FN9O12S. The number of urea groups is 1. The van der Waals surface area contributed by atoms with Crippen LogP contribution in [-0.2, 0) is 44.9 Å². The van der Waals surface area contributed by atoms with Gasteiger partial charge in [0.1, 0.15) is 5.82 Å². The van der Waals surface area contributed by atoms with Gasteiger partial charge in [0.2, 0.25) is 23.6 Å². The minimum Gasteiger partial charge on any atom is -0.480 e. The van der Waals surface area contributed by atoms with Crippen LogP contribution in [0.2, 0.25) is 0 Å². The van der Waals surface area contributed by atoms with Crippen molar-refractivity contribution in [2.24, 2.45) is 17.8 Å². The first-order valence-corrected chi connectivity index (χ1v) is 23.5. The molecule has 6 amide bonds. The zero-order chi connectivity index (χ0) is 48.9. The van der Waals surface area contributed by atoms with E-state index in [-0.39, 0.29) is 141 Å². The molecular weight excluding hydrogens is 886 g/mol. The number of Topliss-reactive ketones (excluding diaryl/α,β-unsaturated/α-hetero) is 1. The van der Waals surface area contributed by atoms with E-state index in [1.54, 1.807) is 26.5 Å². The lowest BCUT2D eigenvalue weighted by Crippen LogP contribution is -2.49. The number of hydrogen-bond acceptors (Lipinski definition) is 14. The molecule has 21 nitrogen and oxygen atoms in total. The van der Waals surface area contributed by atoms with Crippen LogP contribution in [0.4, 0.5) is 14.9 Å². The Morgan fingerprint density at radius 3 is 1.80 bits per heavy atom. The number of carbonyl (C=O) groups is 9. The quantitative estimate of drug-likeness (QED) is 0.0686. The molecule has 23 heteroatoms. The first kappa shape index (κ1) is 55.1. The van der Waals surface area contributed by atoms with E-state index in [9.17, 15) is 58.5 Å². The van der Waals surface area contributed by atoms with Crippen molar-refractivity contribution in [1.29, 1.82) is 0 Å². The van der Waals surface area contributed by atoms with Gasteiger partial charge in [-0.15, -0.1) is 0 Å². The molecule has 1 aromatic rings. The molecule has 0 saturated carbocycles. The zero-order valence-corrected chi connectivity index (χ0v) is 39.0. The Balaban J connectivity index is 1.60. The molecule has 2 aliphatic heterocycles. The summed E-state index contributed by atoms with van der Waals surface area (Å²) in [6.07, 6.45) is 2.59. The van der Waals surface area contributed by atoms with E-state index in [2.05, 4.69) is 21.3 Å². The van der Waals surface area contributed by atoms with Crippen molar-refractivity contribution in [3.8, 4) is 0 Å². The normalized spacial score (nSPS) is 18.6. The van der Waals surface area contributed by atoms with E-state index in [0.29, 0.717) is 17.7 Å². The number of carboxylic acid groups (broad SMARTS) is 3. The number of carbonyl (C=O) groups excluding carboxylic acids is 6. The van der Waals surface area contributed by atoms with Crippen molar-refractivity contribution in [3.05, 3.63) is 29.6 Å². The fraction of sp³-hybridized carbons (Fsp3) is 0.651. The van der Waals surface area contributed by atoms with Crippen LogP contribution in [0.25, 0.3) is 0 Å². The maximum Gasteiger partial charge on any atom is 0.319 e. The van der Waals surface area contributed by atoms with Gasteiger partial charge in [-0.25, -0.2) is 9.18 Å². The average Bonchev–Trinajstić information content (AvgIpc) is 3.49. The van der Waals surface area contributed by atoms with E-state index < -0.39 is 65.2 Å². The molecule has 2 heterocycles. The van der Waals surface area contributed by atoms with Crippen molar-refractivity contribution in [2.45, 2.75) is 59.0 Å². The summed E-state index contributed by atoms with van der Waals surface area (Å²) in [5.41, 5.74) is 0.171. The molecule has 1 aromatic carbocycles. The number of ketones is 1. The number of likely N-dealkylation sites (tertiary alicyclic amines) is 1. The van der Waals surface area contributed by atoms with Gasteiger partial charge in [0.25, 0.3) is 0 Å². The van der Waals surface area contributed by atoms with Crippen LogP contribution in [0.1, 0.15) is 52.0 Å². The van der Waals surface area contributed by atoms with Gasteiger partial charge >= 0.3 is 23.9 Å². The van der Waals surface area contributed by atoms with Crippen molar-refractivity contribution >= 4 is 70.8 Å². The predicted octanol–water partition coefficient (Wildman–Crippen LogP) is 0.293. The Morgan fingerprint density at radius 1 is 0.818 bits per heavy atom. The lowest BCUT2D eigenvalue weighted by Gasteiger charge is -2.32. The third-order valence-corrected chi connectivity index (χ3v) is 12.3. The minimum absolute atomic E-state index is 0.0225. The van der Waals surface area contributed by atoms with Crippen LogP contribution in [-0.4, -0.2) is 203 Å². The molecule has 368 valence electrons. The highest BCUT2D eigenvalue weighted by Crippen LogP contribution is 2.23. The Hall–Kier alpha value is -5.23. The lowest BCUT2D eigenvalue weighted by atomic mass is 9.85. The number of hydrogen-bond donors (Lipinski definition) is 7. The number of thioether (sulfide) groups is 1. The molecule has 1 unspecified atom stereocenters. The molecule has 0 aromatic heterocycles. The summed E-state index contributed by atoms with van der Waals surface area (Å²) in [6.45, 7) is 6.13. The minimum atomic E-state index is -1.07. The fourth-order valence-electron chi connectivity index (χ4n) is 7.58. The lowest BCUT2D eigenvalue weighted by molar-refractivity contribution is -0.140. The van der Waals surface area contributed by atoms with Crippen LogP contribution in [0.5, 0.6) is 0 Å². The summed E-state index contributed by atoms with van der Waals surface area (Å²) in [6, 6.07) is 2.10. The molecule has 0 radical (unpaired) electrons. The number of nitrogens with one attached hydrogen (secondary N) is 4. The number of rotatable bonds is 24. The molecule has 66 heavy (non-hydrogen) atoms. The third kappa shape index (κ3) is 19.3. The molecule has 7 N–H and O–H groups in total. The van der Waals surface area contributed by atoms with Crippen LogP contribution >= 0.6 is 11.8 Å². The van der Waals surface area contributed by atoms with E-state index in [4.69, 9.17) is 0 Å². The maximum atomic E-state index is 15.4. The van der Waals surface area contributed by atoms with E-state index in [1.807, 2.05) is 20.1 Å². The van der Waals surface area contributed by atoms with Gasteiger partial charge in [-0.1, -0.05) is 33.3 Å². The first-order chi connectivity index (χ1) is 31.3. The summed E-state index contributed by atoms with van der Waals surface area (Å²) in [5.74, 6) is -6.74. The first-order valence-electron chi connectivity index (χ1n) is 22.1. The number of nitrogens with zero attached hydrogens (tertiary/aromatic N) is 5. The van der Waals surface area contributed by atoms with Crippen LogP contribution in [0.3, 0.4) is 0 Å². The van der Waals surface area contributed by atoms with Gasteiger partial charge < -0.3 is 36.6 Å². The Morgan fingerprint density at radius 2 is 1.35 bits per heavy atom. The standard InChI is InChI=1S/C43H66FN9O12S/c1-5-28(2)31(41(63)45-9-10-53-37(56)20-29(3)42(53)64)22-35(54)34(8-19-66-4)48-43(65)47-33-7-6-30(21-32(33)44)23-46-36(55)24-49-11-13-50(25-38(57)58)15-17-52(27-40(61)62)18-16-51(14-12-49)26-39(59)60/h6-7,21,28-29,31,34H,5,8-20,22-27H2,1-4H3,(H,45,63)(H,46,55)(H,57,58)(H,59,60)(H,61,62)(H2,47,48,65)/t28-,29?,31-,34-/m0/s1. The Bertz CT molecular complexity index is 1850. The number of benzene rings is 1. The molecule has 2 aliphatic rings. The molecule has 0 bridgehead atoms. The number of aliphatic carboxylic acids is 3. The number of carboxylic acids is 3. The molecule has 0 aliphatic carbocycles. The monoisotopic (exact) mass is 951 g/mol. The highest BCUT2D eigenvalue weighted by molar-refractivity contribution is 7.98. The SMILES string of the molecule is CC[C@H](C)[C@H](CC(=O)[C@H](CCSC)NC(=O)Nc1ccc(CNC(=O)CN2CCN(CC(=O)O)CCN(CC(=O)O)CCN(CC(=O)O)CC2)cc1F)C(=O)NCCN1C(=O)CC(C)C1=O. The largest absolute Gasteiger partial charge is 0.480 e. The van der Waals surface area contributed by atoms with Gasteiger partial charge in [-0.3, -0.25) is 62.9 Å². The molecule has 2 fully saturated rings. The third-order valence-electron chi connectivity index (χ3n) is 11.6. The Kier molecular flexibility index (Phi) is 23.4. The van der Waals surface area contributed by atoms with Crippen LogP contribution < -0.4 is 21.3 Å². The number of halogens is 1. The summed E-state index contributed by atoms with van der Waals surface area (Å²) < 4.78 is 15.4. The number of imide groups is 1. The summed E-state index contributed by atoms with van der Waals surface area (Å²) in [4.78, 5) is 120. The highest BCUT2D eigenvalue weighted by Gasteiger charge is 2.36. The maximum absolute atomic E-state index is 15.4. The summed E-state index contributed by atoms with van der Waals surface area (Å²) in [5, 5.41) is 38.9. The van der Waals surface area contributed by atoms with Crippen LogP contribution in [0.15, 0.2) is 18.2 Å². The van der Waals surface area contributed by atoms with E-state index in [0.717, 1.165) is 11.0 Å². The van der Waals surface area contributed by atoms with Crippen molar-refractivity contribution in [2.75, 3.05) is 109 Å². The molecule has 2 saturated heterocycles. The van der Waals surface area contributed by atoms with E-state index >= 15 is 4.39 Å². The highest BCUT2D eigenvalue weighted by atomic mass is 32.2. The molecule has 0 spiro atoms. The summed E-state index contributed by atoms with van der Waals surface area (Å²) in [7, 11) is 0. The van der Waals surface area contributed by atoms with Crippen molar-refractivity contribution in [1.82, 2.24) is 40.4 Å². The van der Waals surface area contributed by atoms with Crippen LogP contribution in [0, 0.1) is 23.6 Å². The van der Waals surface area contributed by atoms with Gasteiger partial charge in [-0.2, -0.15) is 11.8 Å². The Labute approximate surface area is 388 Å². The topological polar surface area (TPSA) is 279 Å².